The van der Waals surface area contributed by atoms with Crippen molar-refractivity contribution in [2.24, 2.45) is 0 Å². The van der Waals surface area contributed by atoms with Gasteiger partial charge < -0.3 is 5.32 Å². The third-order valence-corrected chi connectivity index (χ3v) is 2.79. The Bertz CT molecular complexity index is 544. The third-order valence-electron chi connectivity index (χ3n) is 2.79. The second-order valence-corrected chi connectivity index (χ2v) is 5.57. The molecule has 2 rings (SSSR count). The van der Waals surface area contributed by atoms with Crippen molar-refractivity contribution in [1.82, 2.24) is 15.0 Å². The molecule has 0 fully saturated rings. The largest absolute Gasteiger partial charge is 0.373 e. The Morgan fingerprint density at radius 2 is 1.89 bits per heavy atom. The number of pyridine rings is 1. The van der Waals surface area contributed by atoms with E-state index in [-0.39, 0.29) is 5.41 Å². The molecule has 0 bridgehead atoms. The van der Waals surface area contributed by atoms with Crippen LogP contribution >= 0.6 is 0 Å². The Balaban J connectivity index is 2.35. The molecule has 1 N–H and O–H groups in total. The second-order valence-electron chi connectivity index (χ2n) is 5.57. The number of aromatic nitrogens is 3. The SMILES string of the molecule is CNc1cc(Cc2ccccn2)nc(C(C)(C)C)n1. The number of anilines is 1. The molecule has 2 heterocycles. The quantitative estimate of drug-likeness (QED) is 0.917. The Morgan fingerprint density at radius 1 is 1.11 bits per heavy atom. The van der Waals surface area contributed by atoms with Gasteiger partial charge >= 0.3 is 0 Å². The molecular weight excluding hydrogens is 236 g/mol. The van der Waals surface area contributed by atoms with Crippen molar-refractivity contribution in [2.75, 3.05) is 12.4 Å². The Hall–Kier alpha value is -1.97. The maximum absolute atomic E-state index is 4.66. The van der Waals surface area contributed by atoms with Crippen LogP contribution in [0, 0.1) is 0 Å². The minimum absolute atomic E-state index is 0.0638. The van der Waals surface area contributed by atoms with Crippen LogP contribution in [-0.2, 0) is 11.8 Å². The Labute approximate surface area is 114 Å². The molecule has 0 aliphatic heterocycles. The van der Waals surface area contributed by atoms with Gasteiger partial charge in [0.1, 0.15) is 11.6 Å². The summed E-state index contributed by atoms with van der Waals surface area (Å²) in [4.78, 5) is 13.5. The molecule has 0 amide bonds. The number of nitrogens with one attached hydrogen (secondary N) is 1. The monoisotopic (exact) mass is 256 g/mol. The molecule has 4 heteroatoms. The maximum Gasteiger partial charge on any atom is 0.136 e. The van der Waals surface area contributed by atoms with Gasteiger partial charge in [-0.15, -0.1) is 0 Å². The van der Waals surface area contributed by atoms with Gasteiger partial charge in [0.2, 0.25) is 0 Å². The molecule has 19 heavy (non-hydrogen) atoms. The van der Waals surface area contributed by atoms with E-state index in [0.29, 0.717) is 0 Å². The second kappa shape index (κ2) is 5.34. The van der Waals surface area contributed by atoms with Crippen LogP contribution < -0.4 is 5.32 Å². The van der Waals surface area contributed by atoms with Crippen molar-refractivity contribution < 1.29 is 0 Å². The topological polar surface area (TPSA) is 50.7 Å². The van der Waals surface area contributed by atoms with Gasteiger partial charge in [-0.25, -0.2) is 9.97 Å². The summed E-state index contributed by atoms with van der Waals surface area (Å²) in [7, 11) is 1.87. The van der Waals surface area contributed by atoms with Crippen molar-refractivity contribution in [1.29, 1.82) is 0 Å². The van der Waals surface area contributed by atoms with Crippen LogP contribution in [0.4, 0.5) is 5.82 Å². The van der Waals surface area contributed by atoms with Gasteiger partial charge in [-0.2, -0.15) is 0 Å². The fraction of sp³-hybridized carbons (Fsp3) is 0.400. The van der Waals surface area contributed by atoms with Gasteiger partial charge in [-0.3, -0.25) is 4.98 Å². The van der Waals surface area contributed by atoms with Crippen LogP contribution in [-0.4, -0.2) is 22.0 Å². The summed E-state index contributed by atoms with van der Waals surface area (Å²) in [6.07, 6.45) is 2.53. The molecule has 0 saturated heterocycles. The highest BCUT2D eigenvalue weighted by Gasteiger charge is 2.19. The summed E-state index contributed by atoms with van der Waals surface area (Å²) in [5, 5.41) is 3.09. The lowest BCUT2D eigenvalue weighted by molar-refractivity contribution is 0.543. The van der Waals surface area contributed by atoms with Gasteiger partial charge in [-0.05, 0) is 12.1 Å². The zero-order valence-corrected chi connectivity index (χ0v) is 11.9. The number of hydrogen-bond acceptors (Lipinski definition) is 4. The van der Waals surface area contributed by atoms with Crippen molar-refractivity contribution in [2.45, 2.75) is 32.6 Å². The fourth-order valence-corrected chi connectivity index (χ4v) is 1.74. The van der Waals surface area contributed by atoms with Gasteiger partial charge in [0.05, 0.1) is 5.69 Å². The molecule has 0 atom stereocenters. The number of nitrogens with zero attached hydrogens (tertiary/aromatic N) is 3. The van der Waals surface area contributed by atoms with Gasteiger partial charge in [-0.1, -0.05) is 26.8 Å². The Morgan fingerprint density at radius 3 is 2.47 bits per heavy atom. The molecule has 2 aromatic rings. The summed E-state index contributed by atoms with van der Waals surface area (Å²) in [6, 6.07) is 7.90. The molecule has 100 valence electrons. The standard InChI is InChI=1S/C15H20N4/c1-15(2,3)14-18-12(10-13(16-4)19-14)9-11-7-5-6-8-17-11/h5-8,10H,9H2,1-4H3,(H,16,18,19). The molecule has 2 aromatic heterocycles. The van der Waals surface area contributed by atoms with E-state index in [0.717, 1.165) is 29.5 Å². The van der Waals surface area contributed by atoms with Gasteiger partial charge in [0, 0.05) is 36.8 Å². The van der Waals surface area contributed by atoms with Crippen molar-refractivity contribution >= 4 is 5.82 Å². The van der Waals surface area contributed by atoms with Gasteiger partial charge in [0.25, 0.3) is 0 Å². The highest BCUT2D eigenvalue weighted by molar-refractivity contribution is 5.37. The van der Waals surface area contributed by atoms with Crippen molar-refractivity contribution in [3.8, 4) is 0 Å². The van der Waals surface area contributed by atoms with Crippen LogP contribution in [0.3, 0.4) is 0 Å². The predicted octanol–water partition coefficient (Wildman–Crippen LogP) is 2.80. The molecule has 0 radical (unpaired) electrons. The Kier molecular flexibility index (Phi) is 3.79. The number of rotatable bonds is 3. The van der Waals surface area contributed by atoms with E-state index in [1.54, 1.807) is 6.20 Å². The first-order valence-electron chi connectivity index (χ1n) is 6.45. The van der Waals surface area contributed by atoms with Crippen LogP contribution in [0.2, 0.25) is 0 Å². The minimum atomic E-state index is -0.0638. The first kappa shape index (κ1) is 13.5. The third kappa shape index (κ3) is 3.50. The average molecular weight is 256 g/mol. The van der Waals surface area contributed by atoms with E-state index in [1.165, 1.54) is 0 Å². The van der Waals surface area contributed by atoms with E-state index in [9.17, 15) is 0 Å². The molecule has 0 saturated carbocycles. The molecule has 0 spiro atoms. The van der Waals surface area contributed by atoms with E-state index < -0.39 is 0 Å². The molecule has 0 aliphatic rings. The first-order chi connectivity index (χ1) is 8.99. The number of hydrogen-bond donors (Lipinski definition) is 1. The van der Waals surface area contributed by atoms with Crippen LogP contribution in [0.15, 0.2) is 30.5 Å². The summed E-state index contributed by atoms with van der Waals surface area (Å²) in [5.41, 5.74) is 1.94. The lowest BCUT2D eigenvalue weighted by Crippen LogP contribution is -2.18. The summed E-state index contributed by atoms with van der Waals surface area (Å²) in [5.74, 6) is 1.70. The normalized spacial score (nSPS) is 11.4. The molecule has 0 aromatic carbocycles. The minimum Gasteiger partial charge on any atom is -0.373 e. The molecule has 0 unspecified atom stereocenters. The smallest absolute Gasteiger partial charge is 0.136 e. The fourth-order valence-electron chi connectivity index (χ4n) is 1.74. The van der Waals surface area contributed by atoms with E-state index in [2.05, 4.69) is 41.0 Å². The lowest BCUT2D eigenvalue weighted by Gasteiger charge is -2.18. The lowest BCUT2D eigenvalue weighted by atomic mass is 9.95. The predicted molar refractivity (Wildman–Crippen MR) is 77.3 cm³/mol. The van der Waals surface area contributed by atoms with Crippen LogP contribution in [0.5, 0.6) is 0 Å². The zero-order chi connectivity index (χ0) is 13.9. The van der Waals surface area contributed by atoms with E-state index in [4.69, 9.17) is 0 Å². The van der Waals surface area contributed by atoms with Crippen molar-refractivity contribution in [3.63, 3.8) is 0 Å². The molecule has 4 nitrogen and oxygen atoms in total. The van der Waals surface area contributed by atoms with Crippen LogP contribution in [0.1, 0.15) is 38.0 Å². The maximum atomic E-state index is 4.66. The van der Waals surface area contributed by atoms with Crippen LogP contribution in [0.25, 0.3) is 0 Å². The summed E-state index contributed by atoms with van der Waals surface area (Å²) >= 11 is 0. The van der Waals surface area contributed by atoms with E-state index >= 15 is 0 Å². The first-order valence-corrected chi connectivity index (χ1v) is 6.45. The van der Waals surface area contributed by atoms with Gasteiger partial charge in [0.15, 0.2) is 0 Å². The van der Waals surface area contributed by atoms with Crippen molar-refractivity contribution in [3.05, 3.63) is 47.7 Å². The summed E-state index contributed by atoms with van der Waals surface area (Å²) < 4.78 is 0. The highest BCUT2D eigenvalue weighted by atomic mass is 15.0. The molecular formula is C15H20N4. The zero-order valence-electron chi connectivity index (χ0n) is 11.9. The highest BCUT2D eigenvalue weighted by Crippen LogP contribution is 2.21. The summed E-state index contributed by atoms with van der Waals surface area (Å²) in [6.45, 7) is 6.35. The van der Waals surface area contributed by atoms with E-state index in [1.807, 2.05) is 31.3 Å². The molecule has 0 aliphatic carbocycles. The average Bonchev–Trinajstić information content (AvgIpc) is 2.38.